The molecule has 0 aromatic heterocycles. The van der Waals surface area contributed by atoms with E-state index in [4.69, 9.17) is 14.6 Å². The maximum absolute atomic E-state index is 13.9. The summed E-state index contributed by atoms with van der Waals surface area (Å²) in [6.07, 6.45) is 3.71. The van der Waals surface area contributed by atoms with Crippen LogP contribution in [0.2, 0.25) is 0 Å². The van der Waals surface area contributed by atoms with Crippen LogP contribution in [0.4, 0.5) is 4.79 Å². The monoisotopic (exact) mass is 475 g/mol. The average Bonchev–Trinajstić information content (AvgIpc) is 3.18. The molecule has 2 aromatic rings. The molecule has 182 valence electrons. The van der Waals surface area contributed by atoms with Crippen LogP contribution in [-0.2, 0) is 25.5 Å². The minimum absolute atomic E-state index is 0.0442. The maximum atomic E-state index is 13.9. The van der Waals surface area contributed by atoms with E-state index in [2.05, 4.69) is 0 Å². The molecule has 1 fully saturated rings. The highest BCUT2D eigenvalue weighted by atomic mass is 16.6. The Morgan fingerprint density at radius 1 is 1.03 bits per heavy atom. The van der Waals surface area contributed by atoms with Gasteiger partial charge in [0, 0.05) is 6.61 Å². The van der Waals surface area contributed by atoms with Gasteiger partial charge in [-0.05, 0) is 55.5 Å². The molecule has 0 spiro atoms. The summed E-state index contributed by atoms with van der Waals surface area (Å²) in [5, 5.41) is 9.05. The smallest absolute Gasteiger partial charge is 0.417 e. The van der Waals surface area contributed by atoms with E-state index in [1.54, 1.807) is 19.1 Å². The molecule has 2 amide bonds. The molecule has 1 saturated heterocycles. The lowest BCUT2D eigenvalue weighted by atomic mass is 9.88. The molecule has 7 heteroatoms. The lowest BCUT2D eigenvalue weighted by Crippen LogP contribution is -2.48. The van der Waals surface area contributed by atoms with Crippen LogP contribution < -0.4 is 0 Å². The summed E-state index contributed by atoms with van der Waals surface area (Å²) in [7, 11) is 0. The van der Waals surface area contributed by atoms with Crippen molar-refractivity contribution in [2.24, 2.45) is 5.92 Å². The summed E-state index contributed by atoms with van der Waals surface area (Å²) in [6, 6.07) is 18.1. The van der Waals surface area contributed by atoms with Gasteiger partial charge in [-0.2, -0.15) is 0 Å². The number of benzene rings is 2. The molecule has 7 nitrogen and oxygen atoms in total. The molecule has 0 aliphatic carbocycles. The van der Waals surface area contributed by atoms with Crippen molar-refractivity contribution < 1.29 is 29.0 Å². The lowest BCUT2D eigenvalue weighted by Gasteiger charge is -2.31. The number of unbranched alkanes of at least 4 members (excludes halogenated alkanes) is 1. The largest absolute Gasteiger partial charge is 0.482 e. The van der Waals surface area contributed by atoms with Crippen LogP contribution in [0.3, 0.4) is 0 Å². The van der Waals surface area contributed by atoms with Crippen molar-refractivity contribution in [3.63, 3.8) is 0 Å². The molecule has 2 heterocycles. The molecule has 0 saturated carbocycles. The average molecular weight is 476 g/mol. The number of rotatable bonds is 8. The number of imide groups is 1. The van der Waals surface area contributed by atoms with Gasteiger partial charge in [0.05, 0.1) is 12.0 Å². The molecule has 4 atom stereocenters. The summed E-state index contributed by atoms with van der Waals surface area (Å²) in [5.41, 5.74) is 1.65. The van der Waals surface area contributed by atoms with E-state index in [1.807, 2.05) is 60.7 Å². The molecule has 4 rings (SSSR count). The molecular formula is C28H29NO6. The third kappa shape index (κ3) is 5.52. The summed E-state index contributed by atoms with van der Waals surface area (Å²) in [5.74, 6) is -1.31. The van der Waals surface area contributed by atoms with Crippen LogP contribution in [0.1, 0.15) is 37.0 Å². The van der Waals surface area contributed by atoms with Crippen LogP contribution in [0.5, 0.6) is 0 Å². The van der Waals surface area contributed by atoms with Crippen molar-refractivity contribution in [3.8, 4) is 0 Å². The second kappa shape index (κ2) is 11.1. The van der Waals surface area contributed by atoms with Gasteiger partial charge < -0.3 is 14.6 Å². The number of aliphatic hydroxyl groups is 1. The van der Waals surface area contributed by atoms with Crippen molar-refractivity contribution in [1.29, 1.82) is 0 Å². The fraction of sp³-hybridized carbons (Fsp3) is 0.321. The normalized spacial score (nSPS) is 23.8. The summed E-state index contributed by atoms with van der Waals surface area (Å²) in [4.78, 5) is 40.8. The van der Waals surface area contributed by atoms with E-state index in [9.17, 15) is 14.4 Å². The number of amides is 2. The van der Waals surface area contributed by atoms with Gasteiger partial charge in [0.15, 0.2) is 11.9 Å². The highest BCUT2D eigenvalue weighted by Gasteiger charge is 2.48. The van der Waals surface area contributed by atoms with E-state index in [1.165, 1.54) is 6.08 Å². The lowest BCUT2D eigenvalue weighted by molar-refractivity contribution is -0.143. The number of cyclic esters (lactones) is 1. The van der Waals surface area contributed by atoms with Crippen LogP contribution >= 0.6 is 0 Å². The number of carbonyl (C=O) groups is 3. The Labute approximate surface area is 204 Å². The number of ketones is 1. The number of allylic oxidation sites excluding steroid dienone is 2. The van der Waals surface area contributed by atoms with Gasteiger partial charge in [-0.1, -0.05) is 60.7 Å². The quantitative estimate of drug-likeness (QED) is 0.577. The molecule has 2 aromatic carbocycles. The molecular weight excluding hydrogens is 446 g/mol. The van der Waals surface area contributed by atoms with Gasteiger partial charge in [0.1, 0.15) is 11.9 Å². The van der Waals surface area contributed by atoms with Crippen molar-refractivity contribution in [2.75, 3.05) is 6.61 Å². The number of hydrogen-bond acceptors (Lipinski definition) is 6. The number of carbonyl (C=O) groups excluding carboxylic acids is 3. The Morgan fingerprint density at radius 2 is 1.71 bits per heavy atom. The SMILES string of the molecule is C[C@@H]1[C@H](c2ccccc2)OC(=O)N1C(=O)[C@H](Cc1ccccc1)[C@H]1OC(=CCCCO)C=CC1=O. The molecule has 35 heavy (non-hydrogen) atoms. The zero-order valence-corrected chi connectivity index (χ0v) is 19.6. The van der Waals surface area contributed by atoms with Crippen LogP contribution in [0.25, 0.3) is 0 Å². The Balaban J connectivity index is 1.63. The van der Waals surface area contributed by atoms with Gasteiger partial charge in [-0.25, -0.2) is 9.69 Å². The Kier molecular flexibility index (Phi) is 7.77. The predicted molar refractivity (Wildman–Crippen MR) is 129 cm³/mol. The number of ether oxygens (including phenoxy) is 2. The first-order valence-corrected chi connectivity index (χ1v) is 11.8. The van der Waals surface area contributed by atoms with E-state index in [0.717, 1.165) is 16.0 Å². The summed E-state index contributed by atoms with van der Waals surface area (Å²) in [6.45, 7) is 1.81. The van der Waals surface area contributed by atoms with Crippen LogP contribution in [-0.4, -0.2) is 46.5 Å². The van der Waals surface area contributed by atoms with E-state index >= 15 is 0 Å². The minimum Gasteiger partial charge on any atom is -0.482 e. The highest BCUT2D eigenvalue weighted by Crippen LogP contribution is 2.35. The number of hydrogen-bond donors (Lipinski definition) is 1. The third-order valence-corrected chi connectivity index (χ3v) is 6.28. The third-order valence-electron chi connectivity index (χ3n) is 6.28. The van der Waals surface area contributed by atoms with Crippen molar-refractivity contribution >= 4 is 17.8 Å². The Morgan fingerprint density at radius 3 is 2.40 bits per heavy atom. The van der Waals surface area contributed by atoms with E-state index in [0.29, 0.717) is 18.6 Å². The Hall–Kier alpha value is -3.71. The summed E-state index contributed by atoms with van der Waals surface area (Å²) >= 11 is 0. The van der Waals surface area contributed by atoms with Gasteiger partial charge in [0.2, 0.25) is 5.91 Å². The second-order valence-electron chi connectivity index (χ2n) is 8.71. The van der Waals surface area contributed by atoms with Gasteiger partial charge in [-0.15, -0.1) is 0 Å². The fourth-order valence-electron chi connectivity index (χ4n) is 4.45. The fourth-order valence-corrected chi connectivity index (χ4v) is 4.45. The number of aliphatic hydroxyl groups excluding tert-OH is 1. The first-order valence-electron chi connectivity index (χ1n) is 11.8. The molecule has 0 radical (unpaired) electrons. The standard InChI is InChI=1S/C28H29NO6/c1-19-25(21-12-6-3-7-13-21)35-28(33)29(19)27(32)23(18-20-10-4-2-5-11-20)26-24(31)16-15-22(34-26)14-8-9-17-30/h2-7,10-16,19,23,25-26,30H,8-9,17-18H2,1H3/t19-,23-,25-,26-/m1/s1. The first-order chi connectivity index (χ1) is 17.0. The van der Waals surface area contributed by atoms with Crippen molar-refractivity contribution in [2.45, 2.75) is 44.4 Å². The maximum Gasteiger partial charge on any atom is 0.417 e. The van der Waals surface area contributed by atoms with Gasteiger partial charge in [-0.3, -0.25) is 9.59 Å². The van der Waals surface area contributed by atoms with E-state index in [-0.39, 0.29) is 18.8 Å². The van der Waals surface area contributed by atoms with Crippen molar-refractivity contribution in [1.82, 2.24) is 4.90 Å². The van der Waals surface area contributed by atoms with Crippen LogP contribution in [0.15, 0.2) is 84.7 Å². The molecule has 2 aliphatic rings. The molecule has 2 aliphatic heterocycles. The molecule has 0 bridgehead atoms. The Bertz CT molecular complexity index is 1110. The molecule has 0 unspecified atom stereocenters. The first kappa shape index (κ1) is 24.4. The minimum atomic E-state index is -1.08. The zero-order valence-electron chi connectivity index (χ0n) is 19.6. The summed E-state index contributed by atoms with van der Waals surface area (Å²) < 4.78 is 11.6. The van der Waals surface area contributed by atoms with E-state index < -0.39 is 36.2 Å². The van der Waals surface area contributed by atoms with Crippen molar-refractivity contribution in [3.05, 3.63) is 95.8 Å². The zero-order chi connectivity index (χ0) is 24.8. The predicted octanol–water partition coefficient (Wildman–Crippen LogP) is 4.13. The van der Waals surface area contributed by atoms with Gasteiger partial charge >= 0.3 is 6.09 Å². The second-order valence-corrected chi connectivity index (χ2v) is 8.71. The van der Waals surface area contributed by atoms with Gasteiger partial charge in [0.25, 0.3) is 0 Å². The highest BCUT2D eigenvalue weighted by molar-refractivity contribution is 6.02. The topological polar surface area (TPSA) is 93.1 Å². The van der Waals surface area contributed by atoms with Crippen LogP contribution in [0, 0.1) is 5.92 Å². The number of nitrogens with zero attached hydrogens (tertiary/aromatic N) is 1. The molecule has 1 N–H and O–H groups in total.